The van der Waals surface area contributed by atoms with Gasteiger partial charge in [-0.05, 0) is 42.3 Å². The number of carbonyl (C=O) groups is 1. The van der Waals surface area contributed by atoms with Crippen molar-refractivity contribution in [3.8, 4) is 40.0 Å². The Balaban J connectivity index is 1.37. The first-order chi connectivity index (χ1) is 19.4. The number of pyridine rings is 2. The molecule has 0 atom stereocenters. The van der Waals surface area contributed by atoms with Gasteiger partial charge in [-0.3, -0.25) is 9.78 Å². The van der Waals surface area contributed by atoms with Crippen molar-refractivity contribution in [2.75, 3.05) is 21.3 Å². The standard InChI is InChI=1S/C30H25FN4O5/c1-17-26(19-7-9-20(31)10-8-19)29(38-3)28(35-34-17)23(36)15-18-5-11-21(12-6-18)40-24-13-14-32-22-16-25(37-2)30(39-4)33-27(22)24/h5-14,16H,15H2,1-4H3. The Morgan fingerprint density at radius 2 is 1.62 bits per heavy atom. The Morgan fingerprint density at radius 1 is 0.875 bits per heavy atom. The maximum absolute atomic E-state index is 13.5. The molecule has 0 N–H and O–H groups in total. The number of carbonyl (C=O) groups excluding carboxylic acids is 1. The Bertz CT molecular complexity index is 1690. The SMILES string of the molecule is COc1cc2nccc(Oc3ccc(CC(=O)c4nnc(C)c(-c5ccc(F)cc5)c4OC)cc3)c2nc1OC. The van der Waals surface area contributed by atoms with Crippen LogP contribution in [-0.2, 0) is 6.42 Å². The summed E-state index contributed by atoms with van der Waals surface area (Å²) in [7, 11) is 4.51. The lowest BCUT2D eigenvalue weighted by Gasteiger charge is -2.14. The van der Waals surface area contributed by atoms with Gasteiger partial charge in [-0.1, -0.05) is 24.3 Å². The van der Waals surface area contributed by atoms with E-state index < -0.39 is 0 Å². The van der Waals surface area contributed by atoms with Crippen molar-refractivity contribution in [2.24, 2.45) is 0 Å². The highest BCUT2D eigenvalue weighted by atomic mass is 19.1. The van der Waals surface area contributed by atoms with Gasteiger partial charge in [-0.25, -0.2) is 9.37 Å². The highest BCUT2D eigenvalue weighted by Crippen LogP contribution is 2.36. The number of Topliss-reactive ketones (excluding diaryl/α,β-unsaturated/α-hetero) is 1. The molecule has 0 aliphatic rings. The van der Waals surface area contributed by atoms with Crippen molar-refractivity contribution in [3.05, 3.63) is 89.6 Å². The van der Waals surface area contributed by atoms with E-state index in [1.807, 2.05) is 0 Å². The van der Waals surface area contributed by atoms with Crippen molar-refractivity contribution in [2.45, 2.75) is 13.3 Å². The summed E-state index contributed by atoms with van der Waals surface area (Å²) in [6, 6.07) is 16.5. The number of hydrogen-bond acceptors (Lipinski definition) is 9. The predicted molar refractivity (Wildman–Crippen MR) is 146 cm³/mol. The van der Waals surface area contributed by atoms with Crippen LogP contribution < -0.4 is 18.9 Å². The predicted octanol–water partition coefficient (Wildman–Crippen LogP) is 5.78. The molecule has 0 fully saturated rings. The molecular weight excluding hydrogens is 515 g/mol. The Morgan fingerprint density at radius 3 is 2.30 bits per heavy atom. The topological polar surface area (TPSA) is 106 Å². The van der Waals surface area contributed by atoms with Crippen molar-refractivity contribution < 1.29 is 28.1 Å². The zero-order chi connectivity index (χ0) is 28.2. The fourth-order valence-electron chi connectivity index (χ4n) is 4.30. The fourth-order valence-corrected chi connectivity index (χ4v) is 4.30. The van der Waals surface area contributed by atoms with Gasteiger partial charge in [-0.15, -0.1) is 5.10 Å². The summed E-state index contributed by atoms with van der Waals surface area (Å²) in [4.78, 5) is 22.1. The molecule has 0 saturated carbocycles. The second-order valence-electron chi connectivity index (χ2n) is 8.77. The van der Waals surface area contributed by atoms with Crippen LogP contribution in [0.25, 0.3) is 22.2 Å². The molecule has 3 aromatic heterocycles. The van der Waals surface area contributed by atoms with Gasteiger partial charge < -0.3 is 18.9 Å². The molecule has 5 rings (SSSR count). The van der Waals surface area contributed by atoms with Gasteiger partial charge in [0.2, 0.25) is 0 Å². The molecule has 0 bridgehead atoms. The second kappa shape index (κ2) is 11.3. The fraction of sp³-hybridized carbons (Fsp3) is 0.167. The van der Waals surface area contributed by atoms with E-state index in [2.05, 4.69) is 20.2 Å². The number of rotatable bonds is 9. The summed E-state index contributed by atoms with van der Waals surface area (Å²) >= 11 is 0. The molecule has 202 valence electrons. The van der Waals surface area contributed by atoms with Crippen LogP contribution in [0, 0.1) is 12.7 Å². The number of halogens is 1. The molecule has 2 aromatic carbocycles. The van der Waals surface area contributed by atoms with Crippen molar-refractivity contribution in [1.29, 1.82) is 0 Å². The summed E-state index contributed by atoms with van der Waals surface area (Å²) in [6.07, 6.45) is 1.68. The monoisotopic (exact) mass is 540 g/mol. The van der Waals surface area contributed by atoms with E-state index in [1.165, 1.54) is 33.5 Å². The smallest absolute Gasteiger partial charge is 0.257 e. The first-order valence-corrected chi connectivity index (χ1v) is 12.3. The maximum atomic E-state index is 13.5. The quantitative estimate of drug-likeness (QED) is 0.215. The Labute approximate surface area is 229 Å². The van der Waals surface area contributed by atoms with Gasteiger partial charge in [0, 0.05) is 30.3 Å². The van der Waals surface area contributed by atoms with Crippen LogP contribution in [0.15, 0.2) is 66.9 Å². The first-order valence-electron chi connectivity index (χ1n) is 12.3. The van der Waals surface area contributed by atoms with Crippen molar-refractivity contribution in [1.82, 2.24) is 20.2 Å². The second-order valence-corrected chi connectivity index (χ2v) is 8.77. The number of benzene rings is 2. The summed E-state index contributed by atoms with van der Waals surface area (Å²) in [5, 5.41) is 8.29. The number of aromatic nitrogens is 4. The van der Waals surface area contributed by atoms with E-state index in [0.29, 0.717) is 56.7 Å². The van der Waals surface area contributed by atoms with Gasteiger partial charge in [0.1, 0.15) is 17.1 Å². The number of aryl methyl sites for hydroxylation is 1. The van der Waals surface area contributed by atoms with Crippen LogP contribution in [0.4, 0.5) is 4.39 Å². The number of methoxy groups -OCH3 is 3. The average Bonchev–Trinajstić information content (AvgIpc) is 2.97. The number of fused-ring (bicyclic) bond motifs is 1. The van der Waals surface area contributed by atoms with Crippen LogP contribution in [0.3, 0.4) is 0 Å². The average molecular weight is 541 g/mol. The lowest BCUT2D eigenvalue weighted by Crippen LogP contribution is -2.11. The molecular formula is C30H25FN4O5. The van der Waals surface area contributed by atoms with E-state index in [1.54, 1.807) is 61.7 Å². The van der Waals surface area contributed by atoms with Crippen LogP contribution in [0.1, 0.15) is 21.7 Å². The minimum absolute atomic E-state index is 0.0635. The van der Waals surface area contributed by atoms with Gasteiger partial charge in [0.25, 0.3) is 5.88 Å². The molecule has 5 aromatic rings. The molecule has 0 saturated heterocycles. The number of hydrogen-bond donors (Lipinski definition) is 0. The van der Waals surface area contributed by atoms with Gasteiger partial charge in [0.15, 0.2) is 28.7 Å². The molecule has 0 aliphatic carbocycles. The van der Waals surface area contributed by atoms with Gasteiger partial charge >= 0.3 is 0 Å². The van der Waals surface area contributed by atoms with Crippen molar-refractivity contribution in [3.63, 3.8) is 0 Å². The lowest BCUT2D eigenvalue weighted by molar-refractivity contribution is 0.0984. The number of ketones is 1. The first kappa shape index (κ1) is 26.5. The van der Waals surface area contributed by atoms with Crippen LogP contribution in [0.5, 0.6) is 28.9 Å². The maximum Gasteiger partial charge on any atom is 0.257 e. The highest BCUT2D eigenvalue weighted by Gasteiger charge is 2.22. The molecule has 9 nitrogen and oxygen atoms in total. The third kappa shape index (κ3) is 5.24. The normalized spacial score (nSPS) is 10.8. The Kier molecular flexibility index (Phi) is 7.50. The number of nitrogens with zero attached hydrogens (tertiary/aromatic N) is 4. The minimum atomic E-state index is -0.362. The molecule has 0 spiro atoms. The number of ether oxygens (including phenoxy) is 4. The van der Waals surface area contributed by atoms with E-state index in [0.717, 1.165) is 5.56 Å². The zero-order valence-electron chi connectivity index (χ0n) is 22.3. The van der Waals surface area contributed by atoms with Crippen molar-refractivity contribution >= 4 is 16.8 Å². The minimum Gasteiger partial charge on any atom is -0.494 e. The largest absolute Gasteiger partial charge is 0.494 e. The third-order valence-electron chi connectivity index (χ3n) is 6.24. The van der Waals surface area contributed by atoms with E-state index in [-0.39, 0.29) is 23.7 Å². The summed E-state index contributed by atoms with van der Waals surface area (Å²) in [5.41, 5.74) is 3.79. The molecule has 10 heteroatoms. The van der Waals surface area contributed by atoms with E-state index >= 15 is 0 Å². The van der Waals surface area contributed by atoms with E-state index in [4.69, 9.17) is 18.9 Å². The Hall–Kier alpha value is -5.12. The summed E-state index contributed by atoms with van der Waals surface area (Å²) < 4.78 is 35.8. The van der Waals surface area contributed by atoms with Crippen LogP contribution >= 0.6 is 0 Å². The van der Waals surface area contributed by atoms with Crippen LogP contribution in [0.2, 0.25) is 0 Å². The van der Waals surface area contributed by atoms with Crippen LogP contribution in [-0.4, -0.2) is 47.3 Å². The molecule has 3 heterocycles. The summed E-state index contributed by atoms with van der Waals surface area (Å²) in [6.45, 7) is 1.76. The third-order valence-corrected chi connectivity index (χ3v) is 6.24. The lowest BCUT2D eigenvalue weighted by atomic mass is 9.99. The van der Waals surface area contributed by atoms with E-state index in [9.17, 15) is 9.18 Å². The van der Waals surface area contributed by atoms with Gasteiger partial charge in [0.05, 0.1) is 32.5 Å². The molecule has 0 amide bonds. The highest BCUT2D eigenvalue weighted by molar-refractivity contribution is 6.00. The van der Waals surface area contributed by atoms with Gasteiger partial charge in [-0.2, -0.15) is 5.10 Å². The molecule has 40 heavy (non-hydrogen) atoms. The zero-order valence-corrected chi connectivity index (χ0v) is 22.3. The molecule has 0 radical (unpaired) electrons. The summed E-state index contributed by atoms with van der Waals surface area (Å²) in [5.74, 6) is 1.49. The molecule has 0 aliphatic heterocycles. The molecule has 0 unspecified atom stereocenters.